The highest BCUT2D eigenvalue weighted by atomic mass is 19.4. The van der Waals surface area contributed by atoms with E-state index in [0.29, 0.717) is 0 Å². The molecule has 1 saturated heterocycles. The van der Waals surface area contributed by atoms with Crippen LogP contribution in [0.2, 0.25) is 0 Å². The summed E-state index contributed by atoms with van der Waals surface area (Å²) in [7, 11) is 0. The number of aliphatic carboxylic acids is 1. The molecular formula is C13H12F3NO4. The molecule has 1 aromatic rings. The first-order chi connectivity index (χ1) is 9.76. The van der Waals surface area contributed by atoms with Crippen molar-refractivity contribution in [3.05, 3.63) is 35.4 Å². The fourth-order valence-electron chi connectivity index (χ4n) is 2.10. The minimum Gasteiger partial charge on any atom is -0.479 e. The predicted octanol–water partition coefficient (Wildman–Crippen LogP) is 1.68. The van der Waals surface area contributed by atoms with Gasteiger partial charge in [-0.05, 0) is 12.1 Å². The standard InChI is InChI=1S/C13H12F3NO4/c14-13(15,16)9-4-2-1-3-8(9)10(18)17-12(11(19)20)5-6-21-7-12/h1-4H,5-7H2,(H,17,18)(H,19,20). The molecule has 114 valence electrons. The number of benzene rings is 1. The van der Waals surface area contributed by atoms with E-state index in [2.05, 4.69) is 5.32 Å². The molecular weight excluding hydrogens is 291 g/mol. The number of hydrogen-bond donors (Lipinski definition) is 2. The predicted molar refractivity (Wildman–Crippen MR) is 64.7 cm³/mol. The number of nitrogens with one attached hydrogen (secondary N) is 1. The average Bonchev–Trinajstić information content (AvgIpc) is 2.87. The highest BCUT2D eigenvalue weighted by Gasteiger charge is 2.45. The maximum Gasteiger partial charge on any atom is 0.417 e. The first-order valence-electron chi connectivity index (χ1n) is 6.06. The Bertz CT molecular complexity index is 565. The third-order valence-electron chi connectivity index (χ3n) is 3.26. The van der Waals surface area contributed by atoms with Gasteiger partial charge in [0, 0.05) is 13.0 Å². The van der Waals surface area contributed by atoms with Crippen LogP contribution in [0.1, 0.15) is 22.3 Å². The molecule has 2 N–H and O–H groups in total. The molecule has 0 aliphatic carbocycles. The summed E-state index contributed by atoms with van der Waals surface area (Å²) in [6.45, 7) is -0.157. The van der Waals surface area contributed by atoms with Crippen LogP contribution < -0.4 is 5.32 Å². The zero-order chi connectivity index (χ0) is 15.7. The Morgan fingerprint density at radius 2 is 1.95 bits per heavy atom. The number of hydrogen-bond acceptors (Lipinski definition) is 3. The fraction of sp³-hybridized carbons (Fsp3) is 0.385. The average molecular weight is 303 g/mol. The molecule has 0 radical (unpaired) electrons. The third-order valence-corrected chi connectivity index (χ3v) is 3.26. The van der Waals surface area contributed by atoms with Crippen molar-refractivity contribution in [3.63, 3.8) is 0 Å². The van der Waals surface area contributed by atoms with E-state index in [0.717, 1.165) is 18.2 Å². The Morgan fingerprint density at radius 1 is 1.29 bits per heavy atom. The lowest BCUT2D eigenvalue weighted by atomic mass is 9.97. The minimum absolute atomic E-state index is 0.00224. The Labute approximate surface area is 117 Å². The van der Waals surface area contributed by atoms with Gasteiger partial charge in [-0.1, -0.05) is 12.1 Å². The number of ether oxygens (including phenoxy) is 1. The van der Waals surface area contributed by atoms with Crippen LogP contribution in [0.3, 0.4) is 0 Å². The van der Waals surface area contributed by atoms with E-state index in [4.69, 9.17) is 4.74 Å². The molecule has 1 fully saturated rings. The van der Waals surface area contributed by atoms with Gasteiger partial charge in [0.05, 0.1) is 17.7 Å². The largest absolute Gasteiger partial charge is 0.479 e. The van der Waals surface area contributed by atoms with Crippen LogP contribution in [-0.2, 0) is 15.7 Å². The van der Waals surface area contributed by atoms with Gasteiger partial charge < -0.3 is 15.2 Å². The fourth-order valence-corrected chi connectivity index (χ4v) is 2.10. The second-order valence-corrected chi connectivity index (χ2v) is 4.69. The number of amides is 1. The van der Waals surface area contributed by atoms with E-state index in [1.807, 2.05) is 0 Å². The van der Waals surface area contributed by atoms with E-state index in [-0.39, 0.29) is 19.6 Å². The Hall–Kier alpha value is -2.09. The summed E-state index contributed by atoms with van der Waals surface area (Å²) >= 11 is 0. The monoisotopic (exact) mass is 303 g/mol. The summed E-state index contributed by atoms with van der Waals surface area (Å²) in [4.78, 5) is 23.3. The topological polar surface area (TPSA) is 75.6 Å². The molecule has 8 heteroatoms. The summed E-state index contributed by atoms with van der Waals surface area (Å²) in [6, 6.07) is 4.21. The van der Waals surface area contributed by atoms with E-state index >= 15 is 0 Å². The first-order valence-corrected chi connectivity index (χ1v) is 6.06. The van der Waals surface area contributed by atoms with Crippen molar-refractivity contribution < 1.29 is 32.6 Å². The van der Waals surface area contributed by atoms with Crippen molar-refractivity contribution in [2.75, 3.05) is 13.2 Å². The summed E-state index contributed by atoms with van der Waals surface area (Å²) in [5.41, 5.74) is -3.41. The highest BCUT2D eigenvalue weighted by molar-refractivity contribution is 5.99. The number of alkyl halides is 3. The Balaban J connectivity index is 2.31. The maximum atomic E-state index is 12.9. The second kappa shape index (κ2) is 5.36. The molecule has 0 bridgehead atoms. The molecule has 1 aliphatic rings. The van der Waals surface area contributed by atoms with Crippen molar-refractivity contribution in [3.8, 4) is 0 Å². The lowest BCUT2D eigenvalue weighted by molar-refractivity contribution is -0.144. The molecule has 0 saturated carbocycles. The molecule has 2 rings (SSSR count). The summed E-state index contributed by atoms with van der Waals surface area (Å²) < 4.78 is 43.5. The number of carboxylic acid groups (broad SMARTS) is 1. The van der Waals surface area contributed by atoms with Crippen LogP contribution in [0.15, 0.2) is 24.3 Å². The Morgan fingerprint density at radius 3 is 2.48 bits per heavy atom. The second-order valence-electron chi connectivity index (χ2n) is 4.69. The van der Waals surface area contributed by atoms with Gasteiger partial charge >= 0.3 is 12.1 Å². The number of rotatable bonds is 3. The zero-order valence-corrected chi connectivity index (χ0v) is 10.7. The first kappa shape index (κ1) is 15.3. The molecule has 1 amide bonds. The van der Waals surface area contributed by atoms with Gasteiger partial charge in [0.25, 0.3) is 5.91 Å². The molecule has 5 nitrogen and oxygen atoms in total. The van der Waals surface area contributed by atoms with Crippen molar-refractivity contribution in [2.45, 2.75) is 18.1 Å². The van der Waals surface area contributed by atoms with Crippen molar-refractivity contribution >= 4 is 11.9 Å². The van der Waals surface area contributed by atoms with E-state index < -0.39 is 34.7 Å². The van der Waals surface area contributed by atoms with Crippen LogP contribution in [-0.4, -0.2) is 35.7 Å². The smallest absolute Gasteiger partial charge is 0.417 e. The molecule has 1 unspecified atom stereocenters. The van der Waals surface area contributed by atoms with Gasteiger partial charge in [-0.2, -0.15) is 13.2 Å². The Kier molecular flexibility index (Phi) is 3.91. The molecule has 1 aromatic carbocycles. The maximum absolute atomic E-state index is 12.9. The molecule has 1 aliphatic heterocycles. The number of carbonyl (C=O) groups is 2. The SMILES string of the molecule is O=C(NC1(C(=O)O)CCOC1)c1ccccc1C(F)(F)F. The quantitative estimate of drug-likeness (QED) is 0.891. The summed E-state index contributed by atoms with van der Waals surface area (Å²) in [6.07, 6.45) is -4.70. The third kappa shape index (κ3) is 2.99. The number of carboxylic acids is 1. The van der Waals surface area contributed by atoms with Gasteiger partial charge in [0.1, 0.15) is 0 Å². The van der Waals surface area contributed by atoms with E-state index in [9.17, 15) is 27.9 Å². The van der Waals surface area contributed by atoms with Crippen LogP contribution in [0.4, 0.5) is 13.2 Å². The molecule has 1 heterocycles. The van der Waals surface area contributed by atoms with Crippen molar-refractivity contribution in [2.24, 2.45) is 0 Å². The number of halogens is 3. The van der Waals surface area contributed by atoms with Crippen LogP contribution in [0, 0.1) is 0 Å². The summed E-state index contributed by atoms with van der Waals surface area (Å²) in [5, 5.41) is 11.3. The van der Waals surface area contributed by atoms with Crippen LogP contribution in [0.5, 0.6) is 0 Å². The molecule has 0 spiro atoms. The van der Waals surface area contributed by atoms with Crippen molar-refractivity contribution in [1.82, 2.24) is 5.32 Å². The van der Waals surface area contributed by atoms with Gasteiger partial charge in [-0.3, -0.25) is 4.79 Å². The lowest BCUT2D eigenvalue weighted by Gasteiger charge is -2.24. The zero-order valence-electron chi connectivity index (χ0n) is 10.7. The normalized spacial score (nSPS) is 22.0. The van der Waals surface area contributed by atoms with Gasteiger partial charge in [0.15, 0.2) is 5.54 Å². The van der Waals surface area contributed by atoms with Crippen molar-refractivity contribution in [1.29, 1.82) is 0 Å². The van der Waals surface area contributed by atoms with E-state index in [1.54, 1.807) is 0 Å². The van der Waals surface area contributed by atoms with E-state index in [1.165, 1.54) is 6.07 Å². The lowest BCUT2D eigenvalue weighted by Crippen LogP contribution is -2.55. The highest BCUT2D eigenvalue weighted by Crippen LogP contribution is 2.32. The van der Waals surface area contributed by atoms with Crippen LogP contribution >= 0.6 is 0 Å². The van der Waals surface area contributed by atoms with Gasteiger partial charge in [-0.15, -0.1) is 0 Å². The minimum atomic E-state index is -4.70. The van der Waals surface area contributed by atoms with Gasteiger partial charge in [-0.25, -0.2) is 4.79 Å². The molecule has 1 atom stereocenters. The summed E-state index contributed by atoms with van der Waals surface area (Å²) in [5.74, 6) is -2.42. The van der Waals surface area contributed by atoms with Gasteiger partial charge in [0.2, 0.25) is 0 Å². The molecule has 0 aromatic heterocycles. The number of carbonyl (C=O) groups excluding carboxylic acids is 1. The molecule has 21 heavy (non-hydrogen) atoms. The van der Waals surface area contributed by atoms with Crippen LogP contribution in [0.25, 0.3) is 0 Å².